The topological polar surface area (TPSA) is 79.5 Å². The highest BCUT2D eigenvalue weighted by Crippen LogP contribution is 2.44. The van der Waals surface area contributed by atoms with E-state index in [-0.39, 0.29) is 17.9 Å². The Morgan fingerprint density at radius 2 is 2.33 bits per heavy atom. The smallest absolute Gasteiger partial charge is 0.252 e. The van der Waals surface area contributed by atoms with Crippen LogP contribution in [0.5, 0.6) is 0 Å². The lowest BCUT2D eigenvalue weighted by molar-refractivity contribution is 0.0935. The van der Waals surface area contributed by atoms with E-state index in [9.17, 15) is 9.90 Å². The minimum atomic E-state index is -0.134. The number of aliphatic hydroxyl groups is 1. The van der Waals surface area contributed by atoms with Crippen LogP contribution < -0.4 is 5.32 Å². The number of aliphatic hydroxyl groups excluding tert-OH is 1. The van der Waals surface area contributed by atoms with Crippen molar-refractivity contribution in [2.45, 2.75) is 12.8 Å². The molecule has 6 nitrogen and oxygen atoms in total. The monoisotopic (exact) mass is 246 g/mol. The summed E-state index contributed by atoms with van der Waals surface area (Å²) in [6.07, 6.45) is 5.22. The minimum Gasteiger partial charge on any atom is -0.396 e. The van der Waals surface area contributed by atoms with E-state index in [1.165, 1.54) is 0 Å². The Bertz CT molecular complexity index is 589. The maximum absolute atomic E-state index is 12.0. The summed E-state index contributed by atoms with van der Waals surface area (Å²) < 4.78 is 1.70. The van der Waals surface area contributed by atoms with Crippen molar-refractivity contribution in [1.82, 2.24) is 19.9 Å². The van der Waals surface area contributed by atoms with Gasteiger partial charge in [0.25, 0.3) is 5.91 Å². The van der Waals surface area contributed by atoms with Gasteiger partial charge >= 0.3 is 0 Å². The van der Waals surface area contributed by atoms with Crippen LogP contribution in [0.1, 0.15) is 23.2 Å². The van der Waals surface area contributed by atoms with E-state index >= 15 is 0 Å². The third-order valence-corrected chi connectivity index (χ3v) is 3.47. The third-order valence-electron chi connectivity index (χ3n) is 3.47. The predicted octanol–water partition coefficient (Wildman–Crippen LogP) is 0.232. The van der Waals surface area contributed by atoms with E-state index < -0.39 is 0 Å². The molecule has 0 aromatic carbocycles. The number of hydrogen-bond donors (Lipinski definition) is 2. The highest BCUT2D eigenvalue weighted by Gasteiger charge is 2.42. The number of fused-ring (bicyclic) bond motifs is 1. The first kappa shape index (κ1) is 11.2. The number of amides is 1. The summed E-state index contributed by atoms with van der Waals surface area (Å²) in [7, 11) is 0. The molecule has 1 amide bonds. The van der Waals surface area contributed by atoms with Gasteiger partial charge in [0.15, 0.2) is 5.65 Å². The number of nitrogens with one attached hydrogen (secondary N) is 1. The highest BCUT2D eigenvalue weighted by atomic mass is 16.3. The van der Waals surface area contributed by atoms with Crippen molar-refractivity contribution < 1.29 is 9.90 Å². The van der Waals surface area contributed by atoms with Crippen LogP contribution in [-0.2, 0) is 0 Å². The number of hydrogen-bond acceptors (Lipinski definition) is 4. The molecule has 18 heavy (non-hydrogen) atoms. The lowest BCUT2D eigenvalue weighted by Crippen LogP contribution is -2.31. The average molecular weight is 246 g/mol. The van der Waals surface area contributed by atoms with E-state index in [0.717, 1.165) is 12.8 Å². The van der Waals surface area contributed by atoms with Crippen molar-refractivity contribution in [2.75, 3.05) is 13.2 Å². The molecule has 0 bridgehead atoms. The van der Waals surface area contributed by atoms with E-state index in [1.807, 2.05) is 0 Å². The van der Waals surface area contributed by atoms with Crippen molar-refractivity contribution in [3.63, 3.8) is 0 Å². The maximum atomic E-state index is 12.0. The Kier molecular flexibility index (Phi) is 2.52. The van der Waals surface area contributed by atoms with Crippen molar-refractivity contribution >= 4 is 11.6 Å². The molecule has 0 unspecified atom stereocenters. The summed E-state index contributed by atoms with van der Waals surface area (Å²) in [4.78, 5) is 12.0. The van der Waals surface area contributed by atoms with E-state index in [4.69, 9.17) is 0 Å². The summed E-state index contributed by atoms with van der Waals surface area (Å²) in [6, 6.07) is 3.47. The van der Waals surface area contributed by atoms with E-state index in [1.54, 1.807) is 29.1 Å². The number of nitrogens with zero attached hydrogens (tertiary/aromatic N) is 3. The van der Waals surface area contributed by atoms with Crippen molar-refractivity contribution in [2.24, 2.45) is 5.41 Å². The van der Waals surface area contributed by atoms with Gasteiger partial charge in [-0.3, -0.25) is 9.20 Å². The first-order valence-electron chi connectivity index (χ1n) is 5.91. The van der Waals surface area contributed by atoms with Crippen molar-refractivity contribution in [1.29, 1.82) is 0 Å². The van der Waals surface area contributed by atoms with Gasteiger partial charge in [0.2, 0.25) is 0 Å². The van der Waals surface area contributed by atoms with Crippen LogP contribution >= 0.6 is 0 Å². The number of pyridine rings is 1. The highest BCUT2D eigenvalue weighted by molar-refractivity contribution is 5.94. The average Bonchev–Trinajstić information content (AvgIpc) is 3.04. The van der Waals surface area contributed by atoms with Crippen LogP contribution in [0.15, 0.2) is 24.7 Å². The van der Waals surface area contributed by atoms with Crippen LogP contribution in [-0.4, -0.2) is 38.8 Å². The quantitative estimate of drug-likeness (QED) is 0.809. The number of rotatable bonds is 4. The number of aromatic nitrogens is 3. The molecule has 2 aromatic heterocycles. The molecule has 0 saturated heterocycles. The van der Waals surface area contributed by atoms with Gasteiger partial charge in [-0.1, -0.05) is 0 Å². The van der Waals surface area contributed by atoms with Gasteiger partial charge in [-0.25, -0.2) is 0 Å². The van der Waals surface area contributed by atoms with E-state index in [0.29, 0.717) is 17.8 Å². The van der Waals surface area contributed by atoms with Gasteiger partial charge in [0, 0.05) is 18.2 Å². The fourth-order valence-electron chi connectivity index (χ4n) is 1.90. The number of carbonyl (C=O) groups excluding carboxylic acids is 1. The molecule has 0 spiro atoms. The van der Waals surface area contributed by atoms with Crippen LogP contribution in [0, 0.1) is 5.41 Å². The van der Waals surface area contributed by atoms with Crippen LogP contribution in [0.2, 0.25) is 0 Å². The Balaban J connectivity index is 1.71. The Labute approximate surface area is 104 Å². The minimum absolute atomic E-state index is 0.0731. The molecule has 2 heterocycles. The Hall–Kier alpha value is -1.95. The molecule has 0 aliphatic heterocycles. The van der Waals surface area contributed by atoms with Crippen molar-refractivity contribution in [3.8, 4) is 0 Å². The van der Waals surface area contributed by atoms with Crippen LogP contribution in [0.3, 0.4) is 0 Å². The van der Waals surface area contributed by atoms with Gasteiger partial charge in [0.1, 0.15) is 6.33 Å². The molecule has 1 saturated carbocycles. The van der Waals surface area contributed by atoms with Gasteiger partial charge in [-0.2, -0.15) is 0 Å². The second-order valence-electron chi connectivity index (χ2n) is 4.85. The van der Waals surface area contributed by atoms with Gasteiger partial charge in [0.05, 0.1) is 12.2 Å². The molecule has 1 aliphatic carbocycles. The zero-order valence-electron chi connectivity index (χ0n) is 9.83. The predicted molar refractivity (Wildman–Crippen MR) is 64.1 cm³/mol. The number of carbonyl (C=O) groups is 1. The molecule has 94 valence electrons. The van der Waals surface area contributed by atoms with Gasteiger partial charge in [-0.15, -0.1) is 10.2 Å². The van der Waals surface area contributed by atoms with E-state index in [2.05, 4.69) is 15.5 Å². The molecular weight excluding hydrogens is 232 g/mol. The standard InChI is InChI=1S/C12H14N4O2/c17-7-12(3-4-12)6-13-11(18)9-1-2-10-15-14-8-16(10)5-9/h1-2,5,8,17H,3-4,6-7H2,(H,13,18). The molecule has 1 aliphatic rings. The second kappa shape index (κ2) is 4.06. The summed E-state index contributed by atoms with van der Waals surface area (Å²) in [5, 5.41) is 19.7. The molecule has 2 aromatic rings. The zero-order chi connectivity index (χ0) is 12.6. The fourth-order valence-corrected chi connectivity index (χ4v) is 1.90. The normalized spacial score (nSPS) is 16.7. The summed E-state index contributed by atoms with van der Waals surface area (Å²) in [5.41, 5.74) is 1.20. The van der Waals surface area contributed by atoms with Gasteiger partial charge in [-0.05, 0) is 25.0 Å². The fraction of sp³-hybridized carbons (Fsp3) is 0.417. The molecule has 1 fully saturated rings. The Morgan fingerprint density at radius 3 is 3.06 bits per heavy atom. The van der Waals surface area contributed by atoms with Crippen LogP contribution in [0.25, 0.3) is 5.65 Å². The maximum Gasteiger partial charge on any atom is 0.252 e. The molecule has 2 N–H and O–H groups in total. The summed E-state index contributed by atoms with van der Waals surface area (Å²) >= 11 is 0. The first-order valence-corrected chi connectivity index (χ1v) is 5.91. The Morgan fingerprint density at radius 1 is 1.50 bits per heavy atom. The largest absolute Gasteiger partial charge is 0.396 e. The lowest BCUT2D eigenvalue weighted by Gasteiger charge is -2.12. The third kappa shape index (κ3) is 1.95. The lowest BCUT2D eigenvalue weighted by atomic mass is 10.1. The molecule has 0 atom stereocenters. The molecule has 0 radical (unpaired) electrons. The summed E-state index contributed by atoms with van der Waals surface area (Å²) in [5.74, 6) is -0.134. The SMILES string of the molecule is O=C(NCC1(CO)CC1)c1ccc2nncn2c1. The zero-order valence-corrected chi connectivity index (χ0v) is 9.83. The molecular formula is C12H14N4O2. The van der Waals surface area contributed by atoms with Crippen LogP contribution in [0.4, 0.5) is 0 Å². The molecule has 6 heteroatoms. The second-order valence-corrected chi connectivity index (χ2v) is 4.85. The van der Waals surface area contributed by atoms with Crippen molar-refractivity contribution in [3.05, 3.63) is 30.2 Å². The van der Waals surface area contributed by atoms with Gasteiger partial charge < -0.3 is 10.4 Å². The summed E-state index contributed by atoms with van der Waals surface area (Å²) in [6.45, 7) is 0.667. The first-order chi connectivity index (χ1) is 8.72. The molecule has 3 rings (SSSR count).